The molecule has 3 aromatic rings. The van der Waals surface area contributed by atoms with Crippen LogP contribution in [0.25, 0.3) is 17.3 Å². The van der Waals surface area contributed by atoms with E-state index in [2.05, 4.69) is 46.9 Å². The number of aromatic nitrogens is 2. The average molecular weight is 526 g/mol. The van der Waals surface area contributed by atoms with Gasteiger partial charge in [-0.25, -0.2) is 4.99 Å². The Hall–Kier alpha value is -4.20. The minimum absolute atomic E-state index is 0.222. The van der Waals surface area contributed by atoms with E-state index >= 15 is 0 Å². The van der Waals surface area contributed by atoms with Gasteiger partial charge in [-0.2, -0.15) is 0 Å². The molecule has 0 radical (unpaired) electrons. The number of aliphatic imine (C=N–C) groups is 1. The first kappa shape index (κ1) is 27.8. The molecule has 0 saturated heterocycles. The van der Waals surface area contributed by atoms with Crippen LogP contribution < -0.4 is 10.1 Å². The number of benzene rings is 1. The Morgan fingerprint density at radius 3 is 2.56 bits per heavy atom. The molecule has 0 bridgehead atoms. The van der Waals surface area contributed by atoms with Gasteiger partial charge in [-0.1, -0.05) is 30.9 Å². The van der Waals surface area contributed by atoms with Crippen LogP contribution in [-0.4, -0.2) is 46.6 Å². The molecule has 0 atom stereocenters. The smallest absolute Gasteiger partial charge is 0.143 e. The molecule has 0 aliphatic heterocycles. The van der Waals surface area contributed by atoms with Gasteiger partial charge >= 0.3 is 0 Å². The zero-order valence-electron chi connectivity index (χ0n) is 23.6. The summed E-state index contributed by atoms with van der Waals surface area (Å²) in [6.07, 6.45) is 13.1. The van der Waals surface area contributed by atoms with Crippen molar-refractivity contribution in [3.8, 4) is 17.0 Å². The Balaban J connectivity index is 1.78. The number of ether oxygens (including phenoxy) is 1. The third kappa shape index (κ3) is 6.45. The third-order valence-electron chi connectivity index (χ3n) is 6.99. The number of methoxy groups -OCH3 is 1. The van der Waals surface area contributed by atoms with Gasteiger partial charge in [-0.3, -0.25) is 15.8 Å². The fourth-order valence-corrected chi connectivity index (χ4v) is 5.11. The number of anilines is 1. The van der Waals surface area contributed by atoms with E-state index in [4.69, 9.17) is 20.5 Å². The van der Waals surface area contributed by atoms with Crippen LogP contribution in [-0.2, 0) is 0 Å². The number of rotatable bonds is 8. The summed E-state index contributed by atoms with van der Waals surface area (Å²) in [4.78, 5) is 11.0. The molecule has 0 amide bonds. The van der Waals surface area contributed by atoms with Crippen molar-refractivity contribution in [2.75, 3.05) is 19.5 Å². The molecule has 2 aromatic heterocycles. The topological polar surface area (TPSA) is 102 Å². The van der Waals surface area contributed by atoms with Gasteiger partial charge in [0.25, 0.3) is 0 Å². The Morgan fingerprint density at radius 1 is 1.15 bits per heavy atom. The number of amidine groups is 2. The lowest BCUT2D eigenvalue weighted by Gasteiger charge is -2.27. The Bertz CT molecular complexity index is 1380. The van der Waals surface area contributed by atoms with Gasteiger partial charge in [0.05, 0.1) is 24.8 Å². The number of nitrogens with zero attached hydrogens (tertiary/aromatic N) is 4. The summed E-state index contributed by atoms with van der Waals surface area (Å²) < 4.78 is 8.07. The lowest BCUT2D eigenvalue weighted by atomic mass is 9.95. The van der Waals surface area contributed by atoms with E-state index in [1.54, 1.807) is 20.2 Å². The highest BCUT2D eigenvalue weighted by Gasteiger charge is 2.24. The van der Waals surface area contributed by atoms with Crippen LogP contribution >= 0.6 is 0 Å². The van der Waals surface area contributed by atoms with E-state index in [1.165, 1.54) is 29.7 Å². The highest BCUT2D eigenvalue weighted by Crippen LogP contribution is 2.41. The van der Waals surface area contributed by atoms with Crippen LogP contribution in [0.5, 0.6) is 5.75 Å². The summed E-state index contributed by atoms with van der Waals surface area (Å²) in [5.74, 6) is 2.51. The van der Waals surface area contributed by atoms with Crippen LogP contribution in [0, 0.1) is 10.8 Å². The lowest BCUT2D eigenvalue weighted by Crippen LogP contribution is -2.24. The van der Waals surface area contributed by atoms with E-state index in [0.29, 0.717) is 17.4 Å². The maximum atomic E-state index is 8.30. The molecule has 8 heteroatoms. The molecule has 8 nitrogen and oxygen atoms in total. The molecule has 1 fully saturated rings. The van der Waals surface area contributed by atoms with Gasteiger partial charge in [0.1, 0.15) is 23.2 Å². The van der Waals surface area contributed by atoms with Crippen LogP contribution in [0.3, 0.4) is 0 Å². The van der Waals surface area contributed by atoms with Crippen LogP contribution in [0.2, 0.25) is 0 Å². The molecule has 0 unspecified atom stereocenters. The van der Waals surface area contributed by atoms with Gasteiger partial charge in [-0.05, 0) is 70.0 Å². The van der Waals surface area contributed by atoms with Gasteiger partial charge in [0, 0.05) is 42.2 Å². The maximum absolute atomic E-state index is 8.30. The molecular weight excluding hydrogens is 486 g/mol. The minimum Gasteiger partial charge on any atom is -0.495 e. The summed E-state index contributed by atoms with van der Waals surface area (Å²) in [5.41, 5.74) is 5.96. The first-order valence-corrected chi connectivity index (χ1v) is 13.5. The fourth-order valence-electron chi connectivity index (χ4n) is 5.11. The van der Waals surface area contributed by atoms with E-state index in [0.717, 1.165) is 53.3 Å². The fraction of sp³-hybridized carbons (Fsp3) is 0.355. The Morgan fingerprint density at radius 2 is 1.92 bits per heavy atom. The molecule has 3 N–H and O–H groups in total. The summed E-state index contributed by atoms with van der Waals surface area (Å²) in [5, 5.41) is 19.2. The van der Waals surface area contributed by atoms with Gasteiger partial charge in [-0.15, -0.1) is 0 Å². The van der Waals surface area contributed by atoms with Crippen LogP contribution in [0.15, 0.2) is 59.4 Å². The molecular formula is C31H39N7O. The zero-order valence-corrected chi connectivity index (χ0v) is 23.6. The molecule has 1 saturated carbocycles. The van der Waals surface area contributed by atoms with E-state index in [1.807, 2.05) is 37.5 Å². The Labute approximate surface area is 231 Å². The van der Waals surface area contributed by atoms with Crippen molar-refractivity contribution in [2.45, 2.75) is 58.9 Å². The molecule has 4 rings (SSSR count). The molecule has 1 aliphatic carbocycles. The summed E-state index contributed by atoms with van der Waals surface area (Å²) >= 11 is 0. The standard InChI is InChI=1S/C31H39N7O/c1-21(2)16-25-17-28(24-10-9-15-34-19-24)38(26-11-7-6-8-12-26)31(25)36-22(3)35-27-14-13-23(18-29(27)39-5)30(33)37(4)20-32/h9-10,13-20,26,32-33H,6-8,11-12H2,1-5H3,(H,35,36). The highest BCUT2D eigenvalue weighted by atomic mass is 16.5. The monoisotopic (exact) mass is 525 g/mol. The predicted octanol–water partition coefficient (Wildman–Crippen LogP) is 7.51. The average Bonchev–Trinajstić information content (AvgIpc) is 3.29. The second kappa shape index (κ2) is 12.6. The second-order valence-electron chi connectivity index (χ2n) is 10.3. The van der Waals surface area contributed by atoms with Crippen molar-refractivity contribution >= 4 is 35.6 Å². The molecule has 2 heterocycles. The number of hydrogen-bond donors (Lipinski definition) is 3. The van der Waals surface area contributed by atoms with E-state index in [-0.39, 0.29) is 5.84 Å². The van der Waals surface area contributed by atoms with Gasteiger partial charge < -0.3 is 19.5 Å². The second-order valence-corrected chi connectivity index (χ2v) is 10.3. The van der Waals surface area contributed by atoms with Crippen molar-refractivity contribution in [3.05, 3.63) is 65.5 Å². The first-order valence-electron chi connectivity index (χ1n) is 13.5. The largest absolute Gasteiger partial charge is 0.495 e. The molecule has 0 spiro atoms. The van der Waals surface area contributed by atoms with Crippen molar-refractivity contribution < 1.29 is 4.74 Å². The van der Waals surface area contributed by atoms with E-state index < -0.39 is 0 Å². The summed E-state index contributed by atoms with van der Waals surface area (Å²) in [7, 11) is 3.29. The predicted molar refractivity (Wildman–Crippen MR) is 162 cm³/mol. The molecule has 204 valence electrons. The van der Waals surface area contributed by atoms with Crippen molar-refractivity contribution in [1.82, 2.24) is 14.5 Å². The highest BCUT2D eigenvalue weighted by molar-refractivity contribution is 6.03. The number of pyridine rings is 1. The van der Waals surface area contributed by atoms with Crippen molar-refractivity contribution in [1.29, 1.82) is 10.8 Å². The van der Waals surface area contributed by atoms with Crippen LogP contribution in [0.1, 0.15) is 70.0 Å². The Kier molecular flexibility index (Phi) is 8.96. The number of hydrogen-bond acceptors (Lipinski definition) is 5. The van der Waals surface area contributed by atoms with Crippen molar-refractivity contribution in [3.63, 3.8) is 0 Å². The minimum atomic E-state index is 0.222. The molecule has 1 aromatic carbocycles. The van der Waals surface area contributed by atoms with Gasteiger partial charge in [0.2, 0.25) is 0 Å². The molecule has 39 heavy (non-hydrogen) atoms. The number of allylic oxidation sites excluding steroid dienone is 1. The number of nitrogens with one attached hydrogen (secondary N) is 3. The maximum Gasteiger partial charge on any atom is 0.143 e. The zero-order chi connectivity index (χ0) is 27.9. The van der Waals surface area contributed by atoms with E-state index in [9.17, 15) is 0 Å². The summed E-state index contributed by atoms with van der Waals surface area (Å²) in [6, 6.07) is 12.3. The van der Waals surface area contributed by atoms with Crippen LogP contribution in [0.4, 0.5) is 11.5 Å². The van der Waals surface area contributed by atoms with Crippen molar-refractivity contribution in [2.24, 2.45) is 4.99 Å². The summed E-state index contributed by atoms with van der Waals surface area (Å²) in [6.45, 7) is 6.19. The quantitative estimate of drug-likeness (QED) is 0.209. The SMILES string of the molecule is COc1cc(C(=N)N(C)C=N)ccc1N/C(C)=N/c1c(C=C(C)C)cc(-c2cccnc2)n1C1CCCCC1. The first-order chi connectivity index (χ1) is 18.8. The van der Waals surface area contributed by atoms with Gasteiger partial charge in [0.15, 0.2) is 0 Å². The molecule has 1 aliphatic rings. The lowest BCUT2D eigenvalue weighted by molar-refractivity contribution is 0.358. The normalized spacial score (nSPS) is 14.0. The third-order valence-corrected chi connectivity index (χ3v) is 6.99.